The summed E-state index contributed by atoms with van der Waals surface area (Å²) in [7, 11) is 3.51. The molecule has 0 fully saturated rings. The van der Waals surface area contributed by atoms with E-state index in [4.69, 9.17) is 14.0 Å². The largest absolute Gasteiger partial charge is 0.493 e. The molecule has 0 bridgehead atoms. The van der Waals surface area contributed by atoms with Gasteiger partial charge in [-0.2, -0.15) is 4.98 Å². The molecule has 108 valence electrons. The van der Waals surface area contributed by atoms with E-state index in [1.807, 2.05) is 32.2 Å². The molecule has 0 radical (unpaired) electrons. The lowest BCUT2D eigenvalue weighted by atomic mass is 10.2. The van der Waals surface area contributed by atoms with Crippen molar-refractivity contribution in [1.29, 1.82) is 0 Å². The van der Waals surface area contributed by atoms with Crippen LogP contribution in [0, 0.1) is 0 Å². The Balaban J connectivity index is 2.08. The van der Waals surface area contributed by atoms with Crippen molar-refractivity contribution in [2.45, 2.75) is 26.5 Å². The quantitative estimate of drug-likeness (QED) is 0.834. The van der Waals surface area contributed by atoms with Gasteiger partial charge in [0.1, 0.15) is 0 Å². The number of nitrogens with one attached hydrogen (secondary N) is 1. The minimum absolute atomic E-state index is 0.253. The molecule has 20 heavy (non-hydrogen) atoms. The van der Waals surface area contributed by atoms with Crippen molar-refractivity contribution in [3.05, 3.63) is 35.5 Å². The number of nitrogens with zero attached hydrogens (tertiary/aromatic N) is 2. The van der Waals surface area contributed by atoms with Gasteiger partial charge in [-0.15, -0.1) is 0 Å². The molecule has 2 rings (SSSR count). The molecule has 1 N–H and O–H groups in total. The lowest BCUT2D eigenvalue weighted by molar-refractivity contribution is 0.268. The number of rotatable bonds is 7. The molecule has 6 heteroatoms. The van der Waals surface area contributed by atoms with E-state index < -0.39 is 0 Å². The summed E-state index contributed by atoms with van der Waals surface area (Å²) < 4.78 is 16.0. The van der Waals surface area contributed by atoms with Gasteiger partial charge < -0.3 is 19.3 Å². The van der Waals surface area contributed by atoms with Gasteiger partial charge in [-0.3, -0.25) is 0 Å². The zero-order valence-electron chi connectivity index (χ0n) is 12.0. The Morgan fingerprint density at radius 1 is 1.30 bits per heavy atom. The second-order valence-electron chi connectivity index (χ2n) is 4.26. The van der Waals surface area contributed by atoms with Crippen LogP contribution in [0.2, 0.25) is 0 Å². The zero-order chi connectivity index (χ0) is 14.4. The van der Waals surface area contributed by atoms with Crippen LogP contribution in [0.15, 0.2) is 22.7 Å². The summed E-state index contributed by atoms with van der Waals surface area (Å²) >= 11 is 0. The molecule has 0 atom stereocenters. The number of hydrogen-bond donors (Lipinski definition) is 1. The first-order chi connectivity index (χ1) is 9.76. The topological polar surface area (TPSA) is 69.4 Å². The third-order valence-corrected chi connectivity index (χ3v) is 2.78. The van der Waals surface area contributed by atoms with Crippen LogP contribution in [0.1, 0.15) is 24.2 Å². The number of hydrogen-bond acceptors (Lipinski definition) is 6. The summed E-state index contributed by atoms with van der Waals surface area (Å²) in [4.78, 5) is 4.20. The van der Waals surface area contributed by atoms with Gasteiger partial charge in [0.05, 0.1) is 7.11 Å². The van der Waals surface area contributed by atoms with E-state index in [0.717, 1.165) is 12.1 Å². The van der Waals surface area contributed by atoms with Gasteiger partial charge in [0.25, 0.3) is 0 Å². The molecule has 1 aromatic carbocycles. The fourth-order valence-electron chi connectivity index (χ4n) is 1.78. The molecule has 0 saturated carbocycles. The first-order valence-electron chi connectivity index (χ1n) is 6.52. The van der Waals surface area contributed by atoms with Crippen LogP contribution in [0.5, 0.6) is 11.5 Å². The van der Waals surface area contributed by atoms with Crippen molar-refractivity contribution in [3.63, 3.8) is 0 Å². The number of benzene rings is 1. The van der Waals surface area contributed by atoms with Crippen molar-refractivity contribution >= 4 is 0 Å². The summed E-state index contributed by atoms with van der Waals surface area (Å²) in [6.45, 7) is 2.98. The molecule has 2 aromatic rings. The Morgan fingerprint density at radius 3 is 2.80 bits per heavy atom. The third-order valence-electron chi connectivity index (χ3n) is 2.78. The predicted molar refractivity (Wildman–Crippen MR) is 73.8 cm³/mol. The number of ether oxygens (including phenoxy) is 2. The smallest absolute Gasteiger partial charge is 0.226 e. The molecular weight excluding hydrogens is 258 g/mol. The molecule has 0 spiro atoms. The standard InChI is InChI=1S/C14H19N3O3/c1-4-14-16-13(17-20-14)9-19-12-7-10(8-15-2)5-6-11(12)18-3/h5-7,15H,4,8-9H2,1-3H3. The van der Waals surface area contributed by atoms with Gasteiger partial charge in [0, 0.05) is 13.0 Å². The van der Waals surface area contributed by atoms with E-state index in [-0.39, 0.29) is 6.61 Å². The summed E-state index contributed by atoms with van der Waals surface area (Å²) in [6, 6.07) is 5.82. The van der Waals surface area contributed by atoms with Crippen LogP contribution < -0.4 is 14.8 Å². The fraction of sp³-hybridized carbons (Fsp3) is 0.429. The Hall–Kier alpha value is -2.08. The SMILES string of the molecule is CCc1nc(COc2cc(CNC)ccc2OC)no1. The highest BCUT2D eigenvalue weighted by atomic mass is 16.5. The van der Waals surface area contributed by atoms with Crippen molar-refractivity contribution in [1.82, 2.24) is 15.5 Å². The molecule has 1 heterocycles. The second-order valence-corrected chi connectivity index (χ2v) is 4.26. The van der Waals surface area contributed by atoms with Crippen molar-refractivity contribution in [2.75, 3.05) is 14.2 Å². The van der Waals surface area contributed by atoms with Gasteiger partial charge in [0.15, 0.2) is 18.1 Å². The van der Waals surface area contributed by atoms with Crippen LogP contribution in [-0.4, -0.2) is 24.3 Å². The molecular formula is C14H19N3O3. The molecule has 0 aliphatic carbocycles. The monoisotopic (exact) mass is 277 g/mol. The summed E-state index contributed by atoms with van der Waals surface area (Å²) in [5, 5.41) is 6.95. The van der Waals surface area contributed by atoms with Crippen LogP contribution in [0.25, 0.3) is 0 Å². The maximum Gasteiger partial charge on any atom is 0.226 e. The van der Waals surface area contributed by atoms with Crippen LogP contribution in [0.3, 0.4) is 0 Å². The summed E-state index contributed by atoms with van der Waals surface area (Å²) in [5.41, 5.74) is 1.12. The molecule has 0 aliphatic heterocycles. The van der Waals surface area contributed by atoms with Gasteiger partial charge >= 0.3 is 0 Å². The lowest BCUT2D eigenvalue weighted by Gasteiger charge is -2.11. The average molecular weight is 277 g/mol. The summed E-state index contributed by atoms with van der Waals surface area (Å²) in [5.74, 6) is 2.49. The predicted octanol–water partition coefficient (Wildman–Crippen LogP) is 1.94. The van der Waals surface area contributed by atoms with Gasteiger partial charge in [-0.05, 0) is 24.7 Å². The highest BCUT2D eigenvalue weighted by Gasteiger charge is 2.09. The Bertz CT molecular complexity index is 554. The first-order valence-corrected chi connectivity index (χ1v) is 6.52. The van der Waals surface area contributed by atoms with Gasteiger partial charge in [-0.25, -0.2) is 0 Å². The van der Waals surface area contributed by atoms with Crippen LogP contribution >= 0.6 is 0 Å². The maximum absolute atomic E-state index is 5.72. The number of aromatic nitrogens is 2. The van der Waals surface area contributed by atoms with Crippen LogP contribution in [-0.2, 0) is 19.6 Å². The Kier molecular flexibility index (Phi) is 4.95. The minimum atomic E-state index is 0.253. The Morgan fingerprint density at radius 2 is 2.15 bits per heavy atom. The molecule has 0 aliphatic rings. The highest BCUT2D eigenvalue weighted by Crippen LogP contribution is 2.28. The normalized spacial score (nSPS) is 10.6. The molecule has 0 unspecified atom stereocenters. The van der Waals surface area contributed by atoms with Crippen molar-refractivity contribution in [3.8, 4) is 11.5 Å². The van der Waals surface area contributed by atoms with E-state index in [0.29, 0.717) is 29.6 Å². The van der Waals surface area contributed by atoms with Crippen molar-refractivity contribution < 1.29 is 14.0 Å². The lowest BCUT2D eigenvalue weighted by Crippen LogP contribution is -2.06. The van der Waals surface area contributed by atoms with E-state index >= 15 is 0 Å². The van der Waals surface area contributed by atoms with Gasteiger partial charge in [-0.1, -0.05) is 18.1 Å². The summed E-state index contributed by atoms with van der Waals surface area (Å²) in [6.07, 6.45) is 0.716. The third kappa shape index (κ3) is 3.48. The molecule has 0 amide bonds. The van der Waals surface area contributed by atoms with Gasteiger partial charge in [0.2, 0.25) is 11.7 Å². The van der Waals surface area contributed by atoms with E-state index in [2.05, 4.69) is 15.5 Å². The molecule has 1 aromatic heterocycles. The fourth-order valence-corrected chi connectivity index (χ4v) is 1.78. The maximum atomic E-state index is 5.72. The average Bonchev–Trinajstić information content (AvgIpc) is 2.93. The number of aryl methyl sites for hydroxylation is 1. The van der Waals surface area contributed by atoms with Crippen LogP contribution in [0.4, 0.5) is 0 Å². The van der Waals surface area contributed by atoms with E-state index in [1.165, 1.54) is 0 Å². The molecule has 6 nitrogen and oxygen atoms in total. The first kappa shape index (κ1) is 14.3. The van der Waals surface area contributed by atoms with E-state index in [1.54, 1.807) is 7.11 Å². The second kappa shape index (κ2) is 6.91. The number of methoxy groups -OCH3 is 1. The van der Waals surface area contributed by atoms with E-state index in [9.17, 15) is 0 Å². The minimum Gasteiger partial charge on any atom is -0.493 e. The zero-order valence-corrected chi connectivity index (χ0v) is 12.0. The molecule has 0 saturated heterocycles. The van der Waals surface area contributed by atoms with Crippen molar-refractivity contribution in [2.24, 2.45) is 0 Å². The highest BCUT2D eigenvalue weighted by molar-refractivity contribution is 5.42. The Labute approximate surface area is 118 Å².